The summed E-state index contributed by atoms with van der Waals surface area (Å²) in [5.74, 6) is 0.341. The Hall–Kier alpha value is -0.610. The van der Waals surface area contributed by atoms with Gasteiger partial charge in [-0.05, 0) is 45.8 Å². The van der Waals surface area contributed by atoms with Crippen LogP contribution in [0.25, 0.3) is 0 Å². The van der Waals surface area contributed by atoms with Crippen molar-refractivity contribution in [1.29, 1.82) is 0 Å². The number of hydrogen-bond acceptors (Lipinski definition) is 3. The van der Waals surface area contributed by atoms with Crippen LogP contribution in [0.5, 0.6) is 0 Å². The summed E-state index contributed by atoms with van der Waals surface area (Å²) in [7, 11) is 0. The first kappa shape index (κ1) is 12.8. The Kier molecular flexibility index (Phi) is 4.80. The summed E-state index contributed by atoms with van der Waals surface area (Å²) in [4.78, 5) is 16.7. The standard InChI is InChI=1S/C13H25N3O/c1-2-16(12-5-7-14-11-12)13(17)6-10-15-8-3-4-9-15/h12,14H,2-11H2,1H3. The number of carbonyl (C=O) groups is 1. The van der Waals surface area contributed by atoms with Crippen LogP contribution in [0, 0.1) is 0 Å². The van der Waals surface area contributed by atoms with Crippen molar-refractivity contribution in [3.63, 3.8) is 0 Å². The number of carbonyl (C=O) groups excluding carboxylic acids is 1. The maximum Gasteiger partial charge on any atom is 0.224 e. The molecule has 2 rings (SSSR count). The molecular formula is C13H25N3O. The molecule has 1 atom stereocenters. The maximum atomic E-state index is 12.2. The van der Waals surface area contributed by atoms with Gasteiger partial charge >= 0.3 is 0 Å². The highest BCUT2D eigenvalue weighted by Crippen LogP contribution is 2.12. The van der Waals surface area contributed by atoms with Crippen molar-refractivity contribution in [2.24, 2.45) is 0 Å². The smallest absolute Gasteiger partial charge is 0.224 e. The highest BCUT2D eigenvalue weighted by molar-refractivity contribution is 5.76. The fourth-order valence-corrected chi connectivity index (χ4v) is 2.95. The van der Waals surface area contributed by atoms with E-state index in [1.807, 2.05) is 0 Å². The molecule has 1 N–H and O–H groups in total. The second kappa shape index (κ2) is 6.36. The molecule has 2 heterocycles. The highest BCUT2D eigenvalue weighted by atomic mass is 16.2. The Morgan fingerprint density at radius 2 is 2.18 bits per heavy atom. The predicted octanol–water partition coefficient (Wildman–Crippen LogP) is 0.683. The Balaban J connectivity index is 1.75. The summed E-state index contributed by atoms with van der Waals surface area (Å²) in [6.07, 6.45) is 4.42. The van der Waals surface area contributed by atoms with E-state index in [0.717, 1.165) is 32.6 Å². The fourth-order valence-electron chi connectivity index (χ4n) is 2.95. The van der Waals surface area contributed by atoms with E-state index in [-0.39, 0.29) is 0 Å². The molecule has 2 aliphatic heterocycles. The molecule has 0 aliphatic carbocycles. The third-order valence-electron chi connectivity index (χ3n) is 3.98. The van der Waals surface area contributed by atoms with Gasteiger partial charge in [0.1, 0.15) is 0 Å². The number of rotatable bonds is 5. The number of likely N-dealkylation sites (N-methyl/N-ethyl adjacent to an activating group) is 1. The molecule has 1 unspecified atom stereocenters. The molecule has 4 nitrogen and oxygen atoms in total. The molecule has 0 bridgehead atoms. The van der Waals surface area contributed by atoms with Gasteiger partial charge in [-0.3, -0.25) is 4.79 Å². The summed E-state index contributed by atoms with van der Waals surface area (Å²) in [6.45, 7) is 8.30. The first-order chi connectivity index (χ1) is 8.31. The lowest BCUT2D eigenvalue weighted by atomic mass is 10.2. The van der Waals surface area contributed by atoms with Gasteiger partial charge in [0.05, 0.1) is 0 Å². The van der Waals surface area contributed by atoms with Crippen molar-refractivity contribution >= 4 is 5.91 Å². The van der Waals surface area contributed by atoms with Crippen LogP contribution in [0.4, 0.5) is 0 Å². The lowest BCUT2D eigenvalue weighted by molar-refractivity contribution is -0.133. The van der Waals surface area contributed by atoms with E-state index < -0.39 is 0 Å². The zero-order chi connectivity index (χ0) is 12.1. The Morgan fingerprint density at radius 3 is 2.76 bits per heavy atom. The van der Waals surface area contributed by atoms with Crippen LogP contribution in [0.15, 0.2) is 0 Å². The van der Waals surface area contributed by atoms with Crippen LogP contribution in [0.2, 0.25) is 0 Å². The van der Waals surface area contributed by atoms with Crippen molar-refractivity contribution in [3.8, 4) is 0 Å². The number of nitrogens with zero attached hydrogens (tertiary/aromatic N) is 2. The van der Waals surface area contributed by atoms with E-state index in [9.17, 15) is 4.79 Å². The molecule has 1 amide bonds. The van der Waals surface area contributed by atoms with Gasteiger partial charge in [0.15, 0.2) is 0 Å². The van der Waals surface area contributed by atoms with Crippen LogP contribution < -0.4 is 5.32 Å². The number of nitrogens with one attached hydrogen (secondary N) is 1. The topological polar surface area (TPSA) is 35.6 Å². The molecule has 17 heavy (non-hydrogen) atoms. The van der Waals surface area contributed by atoms with Crippen molar-refractivity contribution in [3.05, 3.63) is 0 Å². The van der Waals surface area contributed by atoms with Crippen LogP contribution >= 0.6 is 0 Å². The summed E-state index contributed by atoms with van der Waals surface area (Å²) in [5.41, 5.74) is 0. The quantitative estimate of drug-likeness (QED) is 0.766. The minimum absolute atomic E-state index is 0.341. The monoisotopic (exact) mass is 239 g/mol. The normalized spacial score (nSPS) is 25.4. The second-order valence-electron chi connectivity index (χ2n) is 5.13. The summed E-state index contributed by atoms with van der Waals surface area (Å²) < 4.78 is 0. The fraction of sp³-hybridized carbons (Fsp3) is 0.923. The largest absolute Gasteiger partial charge is 0.339 e. The van der Waals surface area contributed by atoms with Gasteiger partial charge in [-0.15, -0.1) is 0 Å². The van der Waals surface area contributed by atoms with Gasteiger partial charge in [-0.25, -0.2) is 0 Å². The molecule has 0 radical (unpaired) electrons. The minimum atomic E-state index is 0.341. The Bertz CT molecular complexity index is 245. The molecule has 0 aromatic heterocycles. The van der Waals surface area contributed by atoms with E-state index in [2.05, 4.69) is 22.0 Å². The van der Waals surface area contributed by atoms with Gasteiger partial charge in [0.2, 0.25) is 5.91 Å². The van der Waals surface area contributed by atoms with E-state index in [4.69, 9.17) is 0 Å². The number of likely N-dealkylation sites (tertiary alicyclic amines) is 1. The zero-order valence-corrected chi connectivity index (χ0v) is 11.0. The average Bonchev–Trinajstić information content (AvgIpc) is 3.00. The Morgan fingerprint density at radius 1 is 1.41 bits per heavy atom. The molecular weight excluding hydrogens is 214 g/mol. The third-order valence-corrected chi connectivity index (χ3v) is 3.98. The molecule has 2 aliphatic rings. The molecule has 4 heteroatoms. The van der Waals surface area contributed by atoms with Gasteiger partial charge in [-0.1, -0.05) is 0 Å². The van der Waals surface area contributed by atoms with E-state index in [1.165, 1.54) is 25.9 Å². The maximum absolute atomic E-state index is 12.2. The van der Waals surface area contributed by atoms with E-state index in [0.29, 0.717) is 18.4 Å². The highest BCUT2D eigenvalue weighted by Gasteiger charge is 2.25. The molecule has 0 aromatic carbocycles. The average molecular weight is 239 g/mol. The van der Waals surface area contributed by atoms with Crippen LogP contribution in [-0.4, -0.2) is 61.0 Å². The minimum Gasteiger partial charge on any atom is -0.339 e. The number of amides is 1. The lowest BCUT2D eigenvalue weighted by Crippen LogP contribution is -2.42. The van der Waals surface area contributed by atoms with Gasteiger partial charge in [0, 0.05) is 32.1 Å². The van der Waals surface area contributed by atoms with Crippen molar-refractivity contribution < 1.29 is 4.79 Å². The van der Waals surface area contributed by atoms with Crippen LogP contribution in [0.1, 0.15) is 32.6 Å². The molecule has 2 saturated heterocycles. The summed E-state index contributed by atoms with van der Waals surface area (Å²) in [5, 5.41) is 3.33. The molecule has 0 spiro atoms. The third kappa shape index (κ3) is 3.42. The second-order valence-corrected chi connectivity index (χ2v) is 5.13. The first-order valence-electron chi connectivity index (χ1n) is 7.04. The van der Waals surface area contributed by atoms with Crippen molar-refractivity contribution in [1.82, 2.24) is 15.1 Å². The van der Waals surface area contributed by atoms with Crippen LogP contribution in [0.3, 0.4) is 0 Å². The van der Waals surface area contributed by atoms with E-state index >= 15 is 0 Å². The van der Waals surface area contributed by atoms with Gasteiger partial charge in [-0.2, -0.15) is 0 Å². The van der Waals surface area contributed by atoms with E-state index in [1.54, 1.807) is 0 Å². The molecule has 2 fully saturated rings. The summed E-state index contributed by atoms with van der Waals surface area (Å²) >= 11 is 0. The molecule has 0 aromatic rings. The zero-order valence-electron chi connectivity index (χ0n) is 11.0. The van der Waals surface area contributed by atoms with Crippen LogP contribution in [-0.2, 0) is 4.79 Å². The lowest BCUT2D eigenvalue weighted by Gasteiger charge is -2.28. The Labute approximate surface area is 104 Å². The molecule has 98 valence electrons. The summed E-state index contributed by atoms with van der Waals surface area (Å²) in [6, 6.07) is 0.436. The molecule has 0 saturated carbocycles. The van der Waals surface area contributed by atoms with Crippen molar-refractivity contribution in [2.75, 3.05) is 39.3 Å². The SMILES string of the molecule is CCN(C(=O)CCN1CCCC1)C1CCNC1. The van der Waals surface area contributed by atoms with Crippen molar-refractivity contribution in [2.45, 2.75) is 38.6 Å². The predicted molar refractivity (Wildman–Crippen MR) is 69.0 cm³/mol. The first-order valence-corrected chi connectivity index (χ1v) is 7.04. The number of hydrogen-bond donors (Lipinski definition) is 1. The van der Waals surface area contributed by atoms with Gasteiger partial charge < -0.3 is 15.1 Å². The van der Waals surface area contributed by atoms with Gasteiger partial charge in [0.25, 0.3) is 0 Å².